The van der Waals surface area contributed by atoms with Crippen molar-refractivity contribution in [3.05, 3.63) is 47.8 Å². The number of aryl methyl sites for hydroxylation is 2. The van der Waals surface area contributed by atoms with Crippen molar-refractivity contribution in [1.82, 2.24) is 9.97 Å². The van der Waals surface area contributed by atoms with Gasteiger partial charge in [-0.15, -0.1) is 11.6 Å². The van der Waals surface area contributed by atoms with Gasteiger partial charge in [0.25, 0.3) is 0 Å². The third-order valence-corrected chi connectivity index (χ3v) is 5.48. The quantitative estimate of drug-likeness (QED) is 0.406. The Morgan fingerprint density at radius 3 is 2.30 bits per heavy atom. The van der Waals surface area contributed by atoms with E-state index in [2.05, 4.69) is 16.9 Å². The number of benzene rings is 1. The summed E-state index contributed by atoms with van der Waals surface area (Å²) < 4.78 is 0. The minimum absolute atomic E-state index is 0.0722. The summed E-state index contributed by atoms with van der Waals surface area (Å²) in [6, 6.07) is 8.14. The Kier molecular flexibility index (Phi) is 8.73. The van der Waals surface area contributed by atoms with Gasteiger partial charge in [-0.05, 0) is 42.7 Å². The van der Waals surface area contributed by atoms with E-state index in [1.165, 1.54) is 31.2 Å². The predicted molar refractivity (Wildman–Crippen MR) is 110 cm³/mol. The van der Waals surface area contributed by atoms with Crippen LogP contribution in [0.1, 0.15) is 57.1 Å². The molecule has 0 aliphatic carbocycles. The van der Waals surface area contributed by atoms with Crippen LogP contribution in [0.5, 0.6) is 0 Å². The molecule has 27 heavy (non-hydrogen) atoms. The lowest BCUT2D eigenvalue weighted by atomic mass is 9.97. The molecule has 0 bridgehead atoms. The van der Waals surface area contributed by atoms with Gasteiger partial charge in [0.15, 0.2) is 5.82 Å². The monoisotopic (exact) mass is 388 g/mol. The molecule has 1 aromatic carbocycles. The van der Waals surface area contributed by atoms with Crippen LogP contribution < -0.4 is 0 Å². The van der Waals surface area contributed by atoms with E-state index in [4.69, 9.17) is 16.7 Å². The van der Waals surface area contributed by atoms with E-state index in [1.807, 2.05) is 43.6 Å². The maximum atomic E-state index is 10.9. The van der Waals surface area contributed by atoms with Crippen LogP contribution in [-0.4, -0.2) is 26.4 Å². The summed E-state index contributed by atoms with van der Waals surface area (Å²) in [5.41, 5.74) is 3.34. The number of carbonyl (C=O) groups is 1. The number of aromatic nitrogens is 2. The Balaban J connectivity index is 1.88. The van der Waals surface area contributed by atoms with Gasteiger partial charge in [-0.25, -0.2) is 9.97 Å². The summed E-state index contributed by atoms with van der Waals surface area (Å²) in [6.07, 6.45) is 11.4. The van der Waals surface area contributed by atoms with Gasteiger partial charge in [-0.2, -0.15) is 0 Å². The van der Waals surface area contributed by atoms with Crippen LogP contribution >= 0.6 is 11.6 Å². The second-order valence-corrected chi connectivity index (χ2v) is 7.65. The first-order chi connectivity index (χ1) is 13.0. The zero-order valence-corrected chi connectivity index (χ0v) is 17.0. The Bertz CT molecular complexity index is 701. The molecule has 2 aromatic rings. The number of aliphatic carboxylic acids is 1. The molecule has 0 radical (unpaired) electrons. The minimum Gasteiger partial charge on any atom is -0.480 e. The molecule has 0 aliphatic rings. The first-order valence-corrected chi connectivity index (χ1v) is 10.2. The fraction of sp³-hybridized carbons (Fsp3) is 0.500. The predicted octanol–water partition coefficient (Wildman–Crippen LogP) is 5.53. The van der Waals surface area contributed by atoms with Crippen LogP contribution in [0.4, 0.5) is 0 Å². The maximum absolute atomic E-state index is 10.9. The van der Waals surface area contributed by atoms with Crippen molar-refractivity contribution in [3.8, 4) is 11.4 Å². The van der Waals surface area contributed by atoms with Gasteiger partial charge in [-0.3, -0.25) is 4.79 Å². The third-order valence-electron chi connectivity index (χ3n) is 4.86. The molecule has 2 rings (SSSR count). The normalized spacial score (nSPS) is 13.3. The molecule has 0 fully saturated rings. The van der Waals surface area contributed by atoms with E-state index in [1.54, 1.807) is 0 Å². The second-order valence-electron chi connectivity index (χ2n) is 7.18. The van der Waals surface area contributed by atoms with Crippen molar-refractivity contribution in [3.63, 3.8) is 0 Å². The minimum atomic E-state index is -0.953. The van der Waals surface area contributed by atoms with E-state index < -0.39 is 11.3 Å². The Morgan fingerprint density at radius 1 is 1.04 bits per heavy atom. The van der Waals surface area contributed by atoms with Gasteiger partial charge < -0.3 is 5.11 Å². The molecule has 5 heteroatoms. The van der Waals surface area contributed by atoms with E-state index in [0.29, 0.717) is 0 Å². The Morgan fingerprint density at radius 2 is 1.70 bits per heavy atom. The standard InChI is InChI=1S/C22H29ClN2O2/c1-3-4-5-6-7-18-14-24-21(25-15-18)19-12-10-17(11-13-19)9-8-16(2)20(23)22(26)27/h10-16,20H,3-9H2,1-2H3,(H,26,27). The molecular weight excluding hydrogens is 360 g/mol. The van der Waals surface area contributed by atoms with Gasteiger partial charge in [0.05, 0.1) is 0 Å². The second kappa shape index (κ2) is 11.0. The van der Waals surface area contributed by atoms with Crippen LogP contribution in [0.2, 0.25) is 0 Å². The molecule has 0 saturated carbocycles. The van der Waals surface area contributed by atoms with E-state index >= 15 is 0 Å². The topological polar surface area (TPSA) is 63.1 Å². The highest BCUT2D eigenvalue weighted by molar-refractivity contribution is 6.29. The summed E-state index contributed by atoms with van der Waals surface area (Å²) in [5.74, 6) is -0.290. The van der Waals surface area contributed by atoms with Gasteiger partial charge in [0.1, 0.15) is 5.38 Å². The first kappa shape index (κ1) is 21.4. The summed E-state index contributed by atoms with van der Waals surface area (Å²) in [7, 11) is 0. The number of carboxylic acids is 1. The Hall–Kier alpha value is -1.94. The summed E-state index contributed by atoms with van der Waals surface area (Å²) in [5, 5.41) is 8.12. The van der Waals surface area contributed by atoms with Crippen molar-refractivity contribution in [1.29, 1.82) is 0 Å². The molecule has 0 aliphatic heterocycles. The fourth-order valence-electron chi connectivity index (χ4n) is 2.99. The highest BCUT2D eigenvalue weighted by atomic mass is 35.5. The van der Waals surface area contributed by atoms with Gasteiger partial charge >= 0.3 is 5.97 Å². The molecule has 146 valence electrons. The Labute approximate surface area is 167 Å². The average molecular weight is 389 g/mol. The van der Waals surface area contributed by atoms with Crippen molar-refractivity contribution >= 4 is 17.6 Å². The zero-order valence-electron chi connectivity index (χ0n) is 16.2. The maximum Gasteiger partial charge on any atom is 0.321 e. The molecule has 0 saturated heterocycles. The number of carboxylic acid groups (broad SMARTS) is 1. The van der Waals surface area contributed by atoms with E-state index in [9.17, 15) is 4.79 Å². The number of halogens is 1. The van der Waals surface area contributed by atoms with Crippen molar-refractivity contribution in [2.24, 2.45) is 5.92 Å². The smallest absolute Gasteiger partial charge is 0.321 e. The highest BCUT2D eigenvalue weighted by Gasteiger charge is 2.21. The number of hydrogen-bond donors (Lipinski definition) is 1. The summed E-state index contributed by atoms with van der Waals surface area (Å²) in [6.45, 7) is 4.09. The molecule has 2 atom stereocenters. The van der Waals surface area contributed by atoms with Crippen molar-refractivity contribution < 1.29 is 9.90 Å². The number of alkyl halides is 1. The van der Waals surface area contributed by atoms with Crippen molar-refractivity contribution in [2.45, 2.75) is 64.2 Å². The zero-order chi connectivity index (χ0) is 19.6. The van der Waals surface area contributed by atoms with Crippen LogP contribution in [0, 0.1) is 5.92 Å². The van der Waals surface area contributed by atoms with E-state index in [-0.39, 0.29) is 5.92 Å². The molecule has 0 amide bonds. The lowest BCUT2D eigenvalue weighted by molar-refractivity contribution is -0.137. The van der Waals surface area contributed by atoms with Crippen molar-refractivity contribution in [2.75, 3.05) is 0 Å². The molecule has 1 heterocycles. The SMILES string of the molecule is CCCCCCc1cnc(-c2ccc(CCC(C)C(Cl)C(=O)O)cc2)nc1. The third kappa shape index (κ3) is 6.94. The average Bonchev–Trinajstić information content (AvgIpc) is 2.69. The molecule has 1 N–H and O–H groups in total. The highest BCUT2D eigenvalue weighted by Crippen LogP contribution is 2.20. The van der Waals surface area contributed by atoms with E-state index in [0.717, 1.165) is 36.2 Å². The molecular formula is C22H29ClN2O2. The summed E-state index contributed by atoms with van der Waals surface area (Å²) in [4.78, 5) is 19.9. The largest absolute Gasteiger partial charge is 0.480 e. The van der Waals surface area contributed by atoms with Crippen LogP contribution in [0.3, 0.4) is 0 Å². The number of unbranched alkanes of at least 4 members (excludes halogenated alkanes) is 3. The lowest BCUT2D eigenvalue weighted by Gasteiger charge is -2.14. The molecule has 0 spiro atoms. The van der Waals surface area contributed by atoms with Crippen LogP contribution in [0.15, 0.2) is 36.7 Å². The van der Waals surface area contributed by atoms with Gasteiger partial charge in [-0.1, -0.05) is 57.4 Å². The molecule has 1 aromatic heterocycles. The molecule has 2 unspecified atom stereocenters. The number of nitrogens with zero attached hydrogens (tertiary/aromatic N) is 2. The first-order valence-electron chi connectivity index (χ1n) is 9.78. The van der Waals surface area contributed by atoms with Crippen LogP contribution in [-0.2, 0) is 17.6 Å². The number of rotatable bonds is 11. The van der Waals surface area contributed by atoms with Gasteiger partial charge in [0.2, 0.25) is 0 Å². The number of hydrogen-bond acceptors (Lipinski definition) is 3. The molecule has 4 nitrogen and oxygen atoms in total. The fourth-order valence-corrected chi connectivity index (χ4v) is 3.12. The lowest BCUT2D eigenvalue weighted by Crippen LogP contribution is -2.22. The van der Waals surface area contributed by atoms with Crippen LogP contribution in [0.25, 0.3) is 11.4 Å². The summed E-state index contributed by atoms with van der Waals surface area (Å²) >= 11 is 5.88. The van der Waals surface area contributed by atoms with Gasteiger partial charge in [0, 0.05) is 18.0 Å².